The molecule has 0 aromatic heterocycles. The fourth-order valence-corrected chi connectivity index (χ4v) is 2.95. The molecule has 0 aromatic rings. The van der Waals surface area contributed by atoms with Crippen molar-refractivity contribution in [2.45, 2.75) is 32.8 Å². The summed E-state index contributed by atoms with van der Waals surface area (Å²) in [5.41, 5.74) is 11.0. The molecule has 0 aliphatic rings. The van der Waals surface area contributed by atoms with E-state index in [-0.39, 0.29) is 6.10 Å². The molecule has 0 fully saturated rings. The van der Waals surface area contributed by atoms with Crippen LogP contribution in [0.25, 0.3) is 0 Å². The van der Waals surface area contributed by atoms with Crippen LogP contribution < -0.4 is 11.5 Å². The predicted octanol–water partition coefficient (Wildman–Crippen LogP) is 1.25. The Morgan fingerprint density at radius 2 is 1.63 bits per heavy atom. The Kier molecular flexibility index (Phi) is 10.8. The second-order valence-corrected chi connectivity index (χ2v) is 6.90. The van der Waals surface area contributed by atoms with Crippen molar-refractivity contribution in [1.29, 1.82) is 0 Å². The van der Waals surface area contributed by atoms with Crippen molar-refractivity contribution in [2.75, 3.05) is 46.0 Å². The van der Waals surface area contributed by atoms with Gasteiger partial charge in [0.2, 0.25) is 0 Å². The van der Waals surface area contributed by atoms with Crippen LogP contribution in [0.3, 0.4) is 0 Å². The molecule has 0 rings (SSSR count). The van der Waals surface area contributed by atoms with Gasteiger partial charge in [0, 0.05) is 13.2 Å². The summed E-state index contributed by atoms with van der Waals surface area (Å²) in [5, 5.41) is 0. The average Bonchev–Trinajstić information content (AvgIpc) is 2.30. The lowest BCUT2D eigenvalue weighted by molar-refractivity contribution is 0.151. The quantitative estimate of drug-likeness (QED) is 0.527. The maximum Gasteiger partial charge on any atom is 0.327 e. The van der Waals surface area contributed by atoms with Crippen LogP contribution in [0.5, 0.6) is 0 Å². The Hall–Kier alpha value is 0.0300. The minimum atomic E-state index is -2.93. The molecule has 6 nitrogen and oxygen atoms in total. The van der Waals surface area contributed by atoms with Gasteiger partial charge in [-0.25, -0.2) is 0 Å². The highest BCUT2D eigenvalue weighted by molar-refractivity contribution is 7.53. The Labute approximate surface area is 117 Å². The van der Waals surface area contributed by atoms with Gasteiger partial charge in [0.15, 0.2) is 0 Å². The highest BCUT2D eigenvalue weighted by atomic mass is 31.2. The summed E-state index contributed by atoms with van der Waals surface area (Å²) in [6, 6.07) is 0. The maximum absolute atomic E-state index is 11.9. The normalized spacial score (nSPS) is 15.1. The molecule has 0 saturated carbocycles. The van der Waals surface area contributed by atoms with Crippen molar-refractivity contribution in [2.24, 2.45) is 11.5 Å². The van der Waals surface area contributed by atoms with Crippen LogP contribution in [0, 0.1) is 0 Å². The highest BCUT2D eigenvalue weighted by Gasteiger charge is 2.19. The summed E-state index contributed by atoms with van der Waals surface area (Å²) >= 11 is 0. The highest BCUT2D eigenvalue weighted by Crippen LogP contribution is 2.44. The van der Waals surface area contributed by atoms with Gasteiger partial charge in [0.1, 0.15) is 0 Å². The van der Waals surface area contributed by atoms with Crippen LogP contribution >= 0.6 is 7.60 Å². The van der Waals surface area contributed by atoms with E-state index in [1.807, 2.05) is 13.8 Å². The van der Waals surface area contributed by atoms with Gasteiger partial charge in [0.25, 0.3) is 0 Å². The van der Waals surface area contributed by atoms with Crippen molar-refractivity contribution < 1.29 is 13.6 Å². The monoisotopic (exact) mass is 295 g/mol. The zero-order valence-electron chi connectivity index (χ0n) is 12.5. The minimum absolute atomic E-state index is 0.0959. The molecule has 1 atom stereocenters. The molecule has 0 spiro atoms. The van der Waals surface area contributed by atoms with Crippen LogP contribution in [-0.2, 0) is 13.6 Å². The SMILES string of the molecule is CC(C)OP(C)(=O)OCCN(CCCN)CCCN. The Morgan fingerprint density at radius 1 is 1.11 bits per heavy atom. The molecule has 116 valence electrons. The third-order valence-corrected chi connectivity index (χ3v) is 3.95. The summed E-state index contributed by atoms with van der Waals surface area (Å²) < 4.78 is 22.5. The zero-order chi connectivity index (χ0) is 14.7. The van der Waals surface area contributed by atoms with E-state index in [1.165, 1.54) is 6.66 Å². The van der Waals surface area contributed by atoms with Gasteiger partial charge < -0.3 is 25.4 Å². The van der Waals surface area contributed by atoms with Gasteiger partial charge in [0.05, 0.1) is 12.7 Å². The van der Waals surface area contributed by atoms with Crippen molar-refractivity contribution in [1.82, 2.24) is 4.90 Å². The van der Waals surface area contributed by atoms with Gasteiger partial charge in [-0.3, -0.25) is 4.57 Å². The summed E-state index contributed by atoms with van der Waals surface area (Å²) in [4.78, 5) is 2.23. The van der Waals surface area contributed by atoms with Gasteiger partial charge in [-0.05, 0) is 52.9 Å². The van der Waals surface area contributed by atoms with E-state index in [1.54, 1.807) is 0 Å². The average molecular weight is 295 g/mol. The molecule has 0 heterocycles. The number of nitrogens with two attached hydrogens (primary N) is 2. The first-order valence-electron chi connectivity index (χ1n) is 6.94. The molecule has 0 radical (unpaired) electrons. The Bertz CT molecular complexity index is 257. The van der Waals surface area contributed by atoms with Gasteiger partial charge in [-0.1, -0.05) is 0 Å². The smallest absolute Gasteiger partial charge is 0.327 e. The molecular weight excluding hydrogens is 265 g/mol. The molecule has 0 aromatic carbocycles. The first-order valence-corrected chi connectivity index (χ1v) is 8.93. The minimum Gasteiger partial charge on any atom is -0.330 e. The molecule has 4 N–H and O–H groups in total. The third kappa shape index (κ3) is 11.5. The molecule has 19 heavy (non-hydrogen) atoms. The van der Waals surface area contributed by atoms with E-state index in [0.29, 0.717) is 19.7 Å². The first kappa shape index (κ1) is 19.0. The van der Waals surface area contributed by atoms with Crippen molar-refractivity contribution in [3.05, 3.63) is 0 Å². The van der Waals surface area contributed by atoms with Gasteiger partial charge in [-0.15, -0.1) is 0 Å². The van der Waals surface area contributed by atoms with E-state index in [0.717, 1.165) is 32.5 Å². The van der Waals surface area contributed by atoms with E-state index >= 15 is 0 Å². The van der Waals surface area contributed by atoms with Crippen molar-refractivity contribution >= 4 is 7.60 Å². The van der Waals surface area contributed by atoms with Crippen LogP contribution in [-0.4, -0.2) is 57.0 Å². The molecular formula is C12H30N3O3P. The predicted molar refractivity (Wildman–Crippen MR) is 79.5 cm³/mol. The molecule has 1 unspecified atom stereocenters. The van der Waals surface area contributed by atoms with E-state index < -0.39 is 7.60 Å². The summed E-state index contributed by atoms with van der Waals surface area (Å²) in [6.45, 7) is 9.48. The van der Waals surface area contributed by atoms with Gasteiger partial charge >= 0.3 is 7.60 Å². The number of rotatable bonds is 12. The number of hydrogen-bond donors (Lipinski definition) is 2. The molecule has 0 aliphatic carbocycles. The summed E-state index contributed by atoms with van der Waals surface area (Å²) in [7, 11) is -2.93. The Balaban J connectivity index is 3.98. The summed E-state index contributed by atoms with van der Waals surface area (Å²) in [5.74, 6) is 0. The van der Waals surface area contributed by atoms with Crippen LogP contribution in [0.1, 0.15) is 26.7 Å². The standard InChI is InChI=1S/C12H30N3O3P/c1-12(2)18-19(3,16)17-11-10-15(8-4-6-13)9-5-7-14/h12H,4-11,13-14H2,1-3H3. The van der Waals surface area contributed by atoms with E-state index in [9.17, 15) is 4.57 Å². The van der Waals surface area contributed by atoms with Crippen LogP contribution in [0.4, 0.5) is 0 Å². The number of nitrogens with zero attached hydrogens (tertiary/aromatic N) is 1. The number of hydrogen-bond acceptors (Lipinski definition) is 6. The lowest BCUT2D eigenvalue weighted by Crippen LogP contribution is -2.31. The molecule has 0 aliphatic heterocycles. The largest absolute Gasteiger partial charge is 0.330 e. The van der Waals surface area contributed by atoms with Crippen LogP contribution in [0.2, 0.25) is 0 Å². The molecule has 7 heteroatoms. The van der Waals surface area contributed by atoms with Gasteiger partial charge in [-0.2, -0.15) is 0 Å². The molecule has 0 amide bonds. The fraction of sp³-hybridized carbons (Fsp3) is 1.00. The molecule has 0 saturated heterocycles. The lowest BCUT2D eigenvalue weighted by atomic mass is 10.3. The van der Waals surface area contributed by atoms with Crippen molar-refractivity contribution in [3.63, 3.8) is 0 Å². The second-order valence-electron chi connectivity index (χ2n) is 4.88. The topological polar surface area (TPSA) is 90.8 Å². The zero-order valence-corrected chi connectivity index (χ0v) is 13.4. The van der Waals surface area contributed by atoms with E-state index in [4.69, 9.17) is 20.5 Å². The van der Waals surface area contributed by atoms with Crippen LogP contribution in [0.15, 0.2) is 0 Å². The third-order valence-electron chi connectivity index (χ3n) is 2.49. The van der Waals surface area contributed by atoms with Crippen molar-refractivity contribution in [3.8, 4) is 0 Å². The molecule has 0 bridgehead atoms. The second kappa shape index (κ2) is 10.8. The first-order chi connectivity index (χ1) is 8.91. The summed E-state index contributed by atoms with van der Waals surface area (Å²) in [6.07, 6.45) is 1.79. The Morgan fingerprint density at radius 3 is 2.05 bits per heavy atom. The lowest BCUT2D eigenvalue weighted by Gasteiger charge is -2.23. The van der Waals surface area contributed by atoms with E-state index in [2.05, 4.69) is 4.90 Å². The fourth-order valence-electron chi connectivity index (χ4n) is 1.71. The maximum atomic E-state index is 11.9.